The zero-order valence-corrected chi connectivity index (χ0v) is 9.67. The molecule has 16 heavy (non-hydrogen) atoms. The first-order valence-corrected chi connectivity index (χ1v) is 5.98. The minimum atomic E-state index is -0.322. The minimum absolute atomic E-state index is 0.193. The van der Waals surface area contributed by atoms with Gasteiger partial charge in [-0.25, -0.2) is 4.39 Å². The maximum Gasteiger partial charge on any atom is 0.146 e. The lowest BCUT2D eigenvalue weighted by Crippen LogP contribution is -2.28. The summed E-state index contributed by atoms with van der Waals surface area (Å²) in [6.45, 7) is 2.07. The number of nitrogens with one attached hydrogen (secondary N) is 1. The van der Waals surface area contributed by atoms with Crippen molar-refractivity contribution in [3.63, 3.8) is 0 Å². The Hall–Kier alpha value is -1.09. The number of hydrogen-bond donors (Lipinski definition) is 2. The van der Waals surface area contributed by atoms with Gasteiger partial charge in [0.1, 0.15) is 5.82 Å². The molecule has 1 saturated carbocycles. The molecule has 0 spiro atoms. The normalized spacial score (nSPS) is 18.9. The Labute approximate surface area is 96.0 Å². The lowest BCUT2D eigenvalue weighted by molar-refractivity contribution is 0.460. The monoisotopic (exact) mass is 222 g/mol. The molecule has 0 bridgehead atoms. The van der Waals surface area contributed by atoms with Crippen molar-refractivity contribution in [3.8, 4) is 0 Å². The van der Waals surface area contributed by atoms with E-state index in [-0.39, 0.29) is 17.5 Å². The van der Waals surface area contributed by atoms with Crippen LogP contribution in [0.15, 0.2) is 18.2 Å². The summed E-state index contributed by atoms with van der Waals surface area (Å²) >= 11 is 0. The zero-order valence-electron chi connectivity index (χ0n) is 9.67. The summed E-state index contributed by atoms with van der Waals surface area (Å²) in [6, 6.07) is 5.85. The molecule has 0 aromatic heterocycles. The molecular formula is C13H19FN2. The predicted octanol–water partition coefficient (Wildman–Crippen LogP) is 3.00. The fourth-order valence-corrected chi connectivity index (χ4v) is 2.35. The van der Waals surface area contributed by atoms with Crippen LogP contribution < -0.4 is 11.1 Å². The first-order valence-electron chi connectivity index (χ1n) is 5.98. The summed E-state index contributed by atoms with van der Waals surface area (Å²) < 4.78 is 13.3. The van der Waals surface area contributed by atoms with Crippen molar-refractivity contribution in [1.29, 1.82) is 0 Å². The molecule has 1 aromatic rings. The molecule has 0 aliphatic heterocycles. The highest BCUT2D eigenvalue weighted by Gasteiger charge is 2.17. The van der Waals surface area contributed by atoms with Gasteiger partial charge in [-0.1, -0.05) is 18.9 Å². The summed E-state index contributed by atoms with van der Waals surface area (Å²) in [4.78, 5) is 0. The van der Waals surface area contributed by atoms with Crippen LogP contribution >= 0.6 is 0 Å². The van der Waals surface area contributed by atoms with E-state index in [0.29, 0.717) is 6.04 Å². The van der Waals surface area contributed by atoms with Crippen LogP contribution in [0.2, 0.25) is 0 Å². The summed E-state index contributed by atoms with van der Waals surface area (Å²) in [5.41, 5.74) is 6.65. The van der Waals surface area contributed by atoms with Crippen molar-refractivity contribution < 1.29 is 4.39 Å². The third-order valence-electron chi connectivity index (χ3n) is 3.37. The maximum absolute atomic E-state index is 13.3. The average Bonchev–Trinajstić information content (AvgIpc) is 2.74. The Morgan fingerprint density at radius 2 is 2.06 bits per heavy atom. The van der Waals surface area contributed by atoms with Crippen LogP contribution in [-0.4, -0.2) is 6.04 Å². The second-order valence-corrected chi connectivity index (χ2v) is 4.65. The van der Waals surface area contributed by atoms with Crippen LogP contribution in [0.1, 0.15) is 44.2 Å². The van der Waals surface area contributed by atoms with Gasteiger partial charge in [0.15, 0.2) is 0 Å². The summed E-state index contributed by atoms with van der Waals surface area (Å²) in [7, 11) is 0. The lowest BCUT2D eigenvalue weighted by Gasteiger charge is -2.19. The van der Waals surface area contributed by atoms with E-state index in [4.69, 9.17) is 5.73 Å². The number of benzene rings is 1. The SMILES string of the molecule is C[C@@H](NC1CCCC1)c1ccc(N)c(F)c1. The number of nitrogen functional groups attached to an aromatic ring is 1. The highest BCUT2D eigenvalue weighted by atomic mass is 19.1. The molecule has 1 aliphatic rings. The summed E-state index contributed by atoms with van der Waals surface area (Å²) in [5.74, 6) is -0.322. The molecule has 0 heterocycles. The van der Waals surface area contributed by atoms with Crippen LogP contribution in [0, 0.1) is 5.82 Å². The second-order valence-electron chi connectivity index (χ2n) is 4.65. The smallest absolute Gasteiger partial charge is 0.146 e. The molecule has 0 unspecified atom stereocenters. The largest absolute Gasteiger partial charge is 0.396 e. The average molecular weight is 222 g/mol. The Kier molecular flexibility index (Phi) is 3.44. The van der Waals surface area contributed by atoms with Crippen LogP contribution in [0.4, 0.5) is 10.1 Å². The van der Waals surface area contributed by atoms with Gasteiger partial charge in [0, 0.05) is 12.1 Å². The molecule has 1 atom stereocenters. The number of anilines is 1. The highest BCUT2D eigenvalue weighted by Crippen LogP contribution is 2.23. The second kappa shape index (κ2) is 4.83. The third-order valence-corrected chi connectivity index (χ3v) is 3.37. The van der Waals surface area contributed by atoms with Crippen molar-refractivity contribution in [2.45, 2.75) is 44.7 Å². The van der Waals surface area contributed by atoms with E-state index in [9.17, 15) is 4.39 Å². The van der Waals surface area contributed by atoms with Gasteiger partial charge < -0.3 is 11.1 Å². The molecule has 1 aromatic carbocycles. The molecule has 0 amide bonds. The molecule has 0 saturated heterocycles. The minimum Gasteiger partial charge on any atom is -0.396 e. The fraction of sp³-hybridized carbons (Fsp3) is 0.538. The standard InChI is InChI=1S/C13H19FN2/c1-9(16-11-4-2-3-5-11)10-6-7-13(15)12(14)8-10/h6-9,11,16H,2-5,15H2,1H3/t9-/m1/s1. The van der Waals surface area contributed by atoms with E-state index in [1.165, 1.54) is 31.7 Å². The molecular weight excluding hydrogens is 203 g/mol. The van der Waals surface area contributed by atoms with Crippen molar-refractivity contribution in [2.75, 3.05) is 5.73 Å². The number of hydrogen-bond acceptors (Lipinski definition) is 2. The fourth-order valence-electron chi connectivity index (χ4n) is 2.35. The number of rotatable bonds is 3. The van der Waals surface area contributed by atoms with E-state index >= 15 is 0 Å². The Balaban J connectivity index is 2.02. The van der Waals surface area contributed by atoms with Crippen molar-refractivity contribution in [2.24, 2.45) is 0 Å². The molecule has 3 heteroatoms. The van der Waals surface area contributed by atoms with Crippen LogP contribution in [0.5, 0.6) is 0 Å². The van der Waals surface area contributed by atoms with E-state index in [1.807, 2.05) is 6.07 Å². The Morgan fingerprint density at radius 1 is 1.38 bits per heavy atom. The molecule has 0 radical (unpaired) electrons. The third kappa shape index (κ3) is 2.53. The van der Waals surface area contributed by atoms with Crippen molar-refractivity contribution in [1.82, 2.24) is 5.32 Å². The van der Waals surface area contributed by atoms with Crippen molar-refractivity contribution in [3.05, 3.63) is 29.6 Å². The van der Waals surface area contributed by atoms with Gasteiger partial charge >= 0.3 is 0 Å². The van der Waals surface area contributed by atoms with Gasteiger partial charge in [0.05, 0.1) is 5.69 Å². The molecule has 2 rings (SSSR count). The van der Waals surface area contributed by atoms with Gasteiger partial charge in [0.25, 0.3) is 0 Å². The van der Waals surface area contributed by atoms with Crippen molar-refractivity contribution >= 4 is 5.69 Å². The summed E-state index contributed by atoms with van der Waals surface area (Å²) in [6.07, 6.45) is 5.09. The van der Waals surface area contributed by atoms with Gasteiger partial charge in [-0.05, 0) is 37.5 Å². The van der Waals surface area contributed by atoms with Crippen LogP contribution in [0.25, 0.3) is 0 Å². The van der Waals surface area contributed by atoms with Gasteiger partial charge in [-0.3, -0.25) is 0 Å². The Bertz CT molecular complexity index is 359. The zero-order chi connectivity index (χ0) is 11.5. The van der Waals surface area contributed by atoms with Gasteiger partial charge in [-0.15, -0.1) is 0 Å². The van der Waals surface area contributed by atoms with E-state index in [2.05, 4.69) is 12.2 Å². The molecule has 1 fully saturated rings. The van der Waals surface area contributed by atoms with E-state index < -0.39 is 0 Å². The van der Waals surface area contributed by atoms with E-state index in [0.717, 1.165) is 5.56 Å². The predicted molar refractivity (Wildman–Crippen MR) is 64.6 cm³/mol. The van der Waals surface area contributed by atoms with Crippen LogP contribution in [0.3, 0.4) is 0 Å². The maximum atomic E-state index is 13.3. The topological polar surface area (TPSA) is 38.0 Å². The van der Waals surface area contributed by atoms with E-state index in [1.54, 1.807) is 6.07 Å². The van der Waals surface area contributed by atoms with Crippen LogP contribution in [-0.2, 0) is 0 Å². The molecule has 88 valence electrons. The highest BCUT2D eigenvalue weighted by molar-refractivity contribution is 5.41. The number of nitrogens with two attached hydrogens (primary N) is 1. The van der Waals surface area contributed by atoms with Gasteiger partial charge in [-0.2, -0.15) is 0 Å². The number of halogens is 1. The Morgan fingerprint density at radius 3 is 2.69 bits per heavy atom. The lowest BCUT2D eigenvalue weighted by atomic mass is 10.1. The molecule has 2 nitrogen and oxygen atoms in total. The first-order chi connectivity index (χ1) is 7.66. The first kappa shape index (κ1) is 11.4. The molecule has 1 aliphatic carbocycles. The molecule has 3 N–H and O–H groups in total. The van der Waals surface area contributed by atoms with Gasteiger partial charge in [0.2, 0.25) is 0 Å². The summed E-state index contributed by atoms with van der Waals surface area (Å²) in [5, 5.41) is 3.53. The quantitative estimate of drug-likeness (QED) is 0.771.